The fourth-order valence-corrected chi connectivity index (χ4v) is 2.02. The van der Waals surface area contributed by atoms with Crippen LogP contribution >= 0.6 is 11.6 Å². The van der Waals surface area contributed by atoms with Crippen LogP contribution < -0.4 is 10.1 Å². The molecule has 2 nitrogen and oxygen atoms in total. The first kappa shape index (κ1) is 13.3. The van der Waals surface area contributed by atoms with E-state index in [4.69, 9.17) is 22.8 Å². The van der Waals surface area contributed by atoms with Gasteiger partial charge in [-0.15, -0.1) is 6.42 Å². The number of anilines is 1. The van der Waals surface area contributed by atoms with Crippen LogP contribution in [0, 0.1) is 12.3 Å². The van der Waals surface area contributed by atoms with Gasteiger partial charge in [-0.2, -0.15) is 0 Å². The van der Waals surface area contributed by atoms with Crippen molar-refractivity contribution in [1.82, 2.24) is 0 Å². The van der Waals surface area contributed by atoms with Crippen LogP contribution in [0.25, 0.3) is 0 Å². The summed E-state index contributed by atoms with van der Waals surface area (Å²) in [6.07, 6.45) is 5.37. The number of rotatable bonds is 4. The zero-order chi connectivity index (χ0) is 13.7. The number of nitrogens with one attached hydrogen (secondary N) is 1. The Kier molecular flexibility index (Phi) is 4.33. The zero-order valence-corrected chi connectivity index (χ0v) is 11.4. The summed E-state index contributed by atoms with van der Waals surface area (Å²) >= 11 is 6.08. The van der Waals surface area contributed by atoms with Crippen LogP contribution in [0.15, 0.2) is 42.5 Å². The molecule has 0 saturated carbocycles. The molecule has 0 saturated heterocycles. The van der Waals surface area contributed by atoms with Crippen LogP contribution in [0.3, 0.4) is 0 Å². The highest BCUT2D eigenvalue weighted by Gasteiger charge is 2.02. The van der Waals surface area contributed by atoms with Gasteiger partial charge in [-0.1, -0.05) is 29.7 Å². The number of terminal acetylenes is 1. The summed E-state index contributed by atoms with van der Waals surface area (Å²) < 4.78 is 5.12. The Bertz CT molecular complexity index is 616. The van der Waals surface area contributed by atoms with Gasteiger partial charge in [0, 0.05) is 17.8 Å². The van der Waals surface area contributed by atoms with E-state index in [0.29, 0.717) is 17.3 Å². The molecule has 2 aromatic rings. The lowest BCUT2D eigenvalue weighted by atomic mass is 10.2. The molecule has 3 heteroatoms. The van der Waals surface area contributed by atoms with E-state index in [-0.39, 0.29) is 0 Å². The maximum absolute atomic E-state index is 6.08. The predicted molar refractivity (Wildman–Crippen MR) is 79.7 cm³/mol. The van der Waals surface area contributed by atoms with Gasteiger partial charge in [0.2, 0.25) is 0 Å². The molecule has 0 aliphatic carbocycles. The van der Waals surface area contributed by atoms with Gasteiger partial charge in [0.05, 0.1) is 12.1 Å². The number of benzene rings is 2. The molecule has 0 amide bonds. The van der Waals surface area contributed by atoms with Gasteiger partial charge >= 0.3 is 0 Å². The Balaban J connectivity index is 2.06. The maximum Gasteiger partial charge on any atom is 0.137 e. The summed E-state index contributed by atoms with van der Waals surface area (Å²) in [5.41, 5.74) is 2.93. The molecular formula is C16H14ClNO. The number of ether oxygens (including phenoxy) is 1. The van der Waals surface area contributed by atoms with Gasteiger partial charge in [0.25, 0.3) is 0 Å². The Hall–Kier alpha value is -2.11. The maximum atomic E-state index is 6.08. The first-order valence-electron chi connectivity index (χ1n) is 5.86. The second kappa shape index (κ2) is 6.17. The van der Waals surface area contributed by atoms with E-state index in [9.17, 15) is 0 Å². The summed E-state index contributed by atoms with van der Waals surface area (Å²) in [5.74, 6) is 3.29. The minimum atomic E-state index is 0.610. The second-order valence-electron chi connectivity index (χ2n) is 4.05. The van der Waals surface area contributed by atoms with Crippen molar-refractivity contribution < 1.29 is 4.74 Å². The lowest BCUT2D eigenvalue weighted by Crippen LogP contribution is -1.99. The van der Waals surface area contributed by atoms with E-state index in [1.54, 1.807) is 7.11 Å². The summed E-state index contributed by atoms with van der Waals surface area (Å²) in [6, 6.07) is 13.5. The quantitative estimate of drug-likeness (QED) is 0.851. The van der Waals surface area contributed by atoms with E-state index in [1.807, 2.05) is 42.5 Å². The fraction of sp³-hybridized carbons (Fsp3) is 0.125. The average molecular weight is 272 g/mol. The summed E-state index contributed by atoms with van der Waals surface area (Å²) in [7, 11) is 1.60. The van der Waals surface area contributed by atoms with Crippen LogP contribution in [0.5, 0.6) is 5.75 Å². The van der Waals surface area contributed by atoms with Crippen LogP contribution in [-0.4, -0.2) is 7.11 Å². The molecule has 96 valence electrons. The van der Waals surface area contributed by atoms with Crippen LogP contribution in [-0.2, 0) is 6.54 Å². The molecule has 2 aromatic carbocycles. The Morgan fingerprint density at radius 3 is 2.79 bits per heavy atom. The van der Waals surface area contributed by atoms with E-state index in [1.165, 1.54) is 0 Å². The molecule has 2 rings (SSSR count). The summed E-state index contributed by atoms with van der Waals surface area (Å²) in [6.45, 7) is 0.678. The zero-order valence-electron chi connectivity index (χ0n) is 10.6. The Morgan fingerprint density at radius 2 is 2.11 bits per heavy atom. The van der Waals surface area contributed by atoms with Crippen molar-refractivity contribution in [3.63, 3.8) is 0 Å². The van der Waals surface area contributed by atoms with Gasteiger partial charge < -0.3 is 10.1 Å². The van der Waals surface area contributed by atoms with Crippen LogP contribution in [0.2, 0.25) is 5.02 Å². The molecule has 0 spiro atoms. The molecule has 0 aliphatic heterocycles. The number of hydrogen-bond acceptors (Lipinski definition) is 2. The third-order valence-corrected chi connectivity index (χ3v) is 3.04. The minimum Gasteiger partial charge on any atom is -0.495 e. The third kappa shape index (κ3) is 3.43. The van der Waals surface area contributed by atoms with E-state index in [2.05, 4.69) is 11.2 Å². The minimum absolute atomic E-state index is 0.610. The lowest BCUT2D eigenvalue weighted by Gasteiger charge is -2.09. The van der Waals surface area contributed by atoms with Gasteiger partial charge in [-0.3, -0.25) is 0 Å². The highest BCUT2D eigenvalue weighted by Crippen LogP contribution is 2.25. The van der Waals surface area contributed by atoms with Crippen molar-refractivity contribution >= 4 is 17.3 Å². The van der Waals surface area contributed by atoms with Gasteiger partial charge in [-0.25, -0.2) is 0 Å². The van der Waals surface area contributed by atoms with Gasteiger partial charge in [0.1, 0.15) is 5.75 Å². The number of hydrogen-bond donors (Lipinski definition) is 1. The summed E-state index contributed by atoms with van der Waals surface area (Å²) in [4.78, 5) is 0. The van der Waals surface area contributed by atoms with E-state index >= 15 is 0 Å². The van der Waals surface area contributed by atoms with E-state index < -0.39 is 0 Å². The van der Waals surface area contributed by atoms with Crippen LogP contribution in [0.4, 0.5) is 5.69 Å². The van der Waals surface area contributed by atoms with Gasteiger partial charge in [-0.05, 0) is 35.9 Å². The first-order chi connectivity index (χ1) is 9.22. The molecular weight excluding hydrogens is 258 g/mol. The lowest BCUT2D eigenvalue weighted by molar-refractivity contribution is 0.415. The molecule has 0 atom stereocenters. The SMILES string of the molecule is C#Cc1cccc(NCc2ccc(OC)c(Cl)c2)c1. The highest BCUT2D eigenvalue weighted by atomic mass is 35.5. The Labute approximate surface area is 118 Å². The molecule has 0 unspecified atom stereocenters. The van der Waals surface area contributed by atoms with E-state index in [0.717, 1.165) is 16.8 Å². The standard InChI is InChI=1S/C16H14ClNO/c1-3-12-5-4-6-14(9-12)18-11-13-7-8-16(19-2)15(17)10-13/h1,4-10,18H,11H2,2H3. The molecule has 0 heterocycles. The first-order valence-corrected chi connectivity index (χ1v) is 6.23. The normalized spacial score (nSPS) is 9.74. The third-order valence-electron chi connectivity index (χ3n) is 2.74. The average Bonchev–Trinajstić information content (AvgIpc) is 2.45. The molecule has 0 aliphatic rings. The predicted octanol–water partition coefficient (Wildman–Crippen LogP) is 3.94. The van der Waals surface area contributed by atoms with Gasteiger partial charge in [0.15, 0.2) is 0 Å². The second-order valence-corrected chi connectivity index (χ2v) is 4.45. The monoisotopic (exact) mass is 271 g/mol. The van der Waals surface area contributed by atoms with Crippen molar-refractivity contribution in [2.75, 3.05) is 12.4 Å². The number of methoxy groups -OCH3 is 1. The largest absolute Gasteiger partial charge is 0.495 e. The van der Waals surface area contributed by atoms with Crippen molar-refractivity contribution in [2.45, 2.75) is 6.54 Å². The smallest absolute Gasteiger partial charge is 0.137 e. The van der Waals surface area contributed by atoms with Crippen molar-refractivity contribution in [2.24, 2.45) is 0 Å². The van der Waals surface area contributed by atoms with Crippen molar-refractivity contribution in [3.05, 3.63) is 58.6 Å². The molecule has 0 aromatic heterocycles. The summed E-state index contributed by atoms with van der Waals surface area (Å²) in [5, 5.41) is 3.92. The number of halogens is 1. The van der Waals surface area contributed by atoms with Crippen molar-refractivity contribution in [1.29, 1.82) is 0 Å². The molecule has 0 fully saturated rings. The molecule has 0 radical (unpaired) electrons. The molecule has 19 heavy (non-hydrogen) atoms. The molecule has 0 bridgehead atoms. The van der Waals surface area contributed by atoms with Crippen molar-refractivity contribution in [3.8, 4) is 18.1 Å². The fourth-order valence-electron chi connectivity index (χ4n) is 1.74. The Morgan fingerprint density at radius 1 is 1.26 bits per heavy atom. The molecule has 1 N–H and O–H groups in total. The highest BCUT2D eigenvalue weighted by molar-refractivity contribution is 6.32. The van der Waals surface area contributed by atoms with Crippen LogP contribution in [0.1, 0.15) is 11.1 Å². The topological polar surface area (TPSA) is 21.3 Å².